The molecule has 32 heavy (non-hydrogen) atoms. The van der Waals surface area contributed by atoms with E-state index in [2.05, 4.69) is 11.9 Å². The Balaban J connectivity index is 2.18. The van der Waals surface area contributed by atoms with Crippen LogP contribution in [0.5, 0.6) is 0 Å². The molecule has 0 heterocycles. The van der Waals surface area contributed by atoms with E-state index in [4.69, 9.17) is 10.00 Å². The van der Waals surface area contributed by atoms with Gasteiger partial charge in [0.2, 0.25) is 5.91 Å². The Morgan fingerprint density at radius 2 is 1.59 bits per heavy atom. The summed E-state index contributed by atoms with van der Waals surface area (Å²) in [5.74, 6) is -1.74. The summed E-state index contributed by atoms with van der Waals surface area (Å²) in [5.41, 5.74) is 1.77. The van der Waals surface area contributed by atoms with Crippen molar-refractivity contribution in [2.24, 2.45) is 5.92 Å². The number of Topliss-reactive ketones (excluding diaryl/α,β-unsaturated/α-hetero) is 1. The van der Waals surface area contributed by atoms with E-state index in [-0.39, 0.29) is 18.6 Å². The summed E-state index contributed by atoms with van der Waals surface area (Å²) in [5, 5.41) is 11.5. The number of nitriles is 1. The minimum Gasteiger partial charge on any atom is -0.449 e. The number of benzene rings is 2. The molecule has 0 aliphatic heterocycles. The first-order valence-electron chi connectivity index (χ1n) is 10.6. The highest BCUT2D eigenvalue weighted by Gasteiger charge is 2.28. The van der Waals surface area contributed by atoms with Crippen LogP contribution in [0.2, 0.25) is 0 Å². The Labute approximate surface area is 188 Å². The maximum absolute atomic E-state index is 13.2. The number of ether oxygens (including phenoxy) is 1. The van der Waals surface area contributed by atoms with Gasteiger partial charge in [-0.15, -0.1) is 6.58 Å². The fraction of sp³-hybridized carbons (Fsp3) is 0.308. The molecule has 2 aromatic carbocycles. The molecule has 0 unspecified atom stereocenters. The van der Waals surface area contributed by atoms with Gasteiger partial charge in [0, 0.05) is 25.2 Å². The molecule has 6 nitrogen and oxygen atoms in total. The van der Waals surface area contributed by atoms with Crippen LogP contribution < -0.4 is 5.32 Å². The molecule has 2 rings (SSSR count). The normalized spacial score (nSPS) is 12.1. The molecule has 0 aliphatic carbocycles. The highest BCUT2D eigenvalue weighted by molar-refractivity contribution is 5.90. The third-order valence-corrected chi connectivity index (χ3v) is 4.96. The Hall–Kier alpha value is -3.72. The molecule has 0 fully saturated rings. The standard InChI is InChI=1S/C26H28N2O4/c1-2-3-14-23(29)19-22(17-20-10-6-4-7-11-20)25(30)28-24(26(31)32-16-15-27)18-21-12-8-5-9-13-21/h2,4-13,22,24H,1,3,14,16-19H2,(H,28,30)/t22-,24+/m1/s1. The lowest BCUT2D eigenvalue weighted by Crippen LogP contribution is -2.46. The zero-order valence-corrected chi connectivity index (χ0v) is 18.0. The monoisotopic (exact) mass is 432 g/mol. The number of rotatable bonds is 13. The van der Waals surface area contributed by atoms with Gasteiger partial charge in [-0.05, 0) is 24.0 Å². The van der Waals surface area contributed by atoms with Gasteiger partial charge < -0.3 is 10.1 Å². The predicted octanol–water partition coefficient (Wildman–Crippen LogP) is 3.56. The Morgan fingerprint density at radius 3 is 2.16 bits per heavy atom. The molecule has 2 atom stereocenters. The molecule has 0 bridgehead atoms. The molecular formula is C26H28N2O4. The van der Waals surface area contributed by atoms with E-state index in [1.54, 1.807) is 12.1 Å². The summed E-state index contributed by atoms with van der Waals surface area (Å²) >= 11 is 0. The number of allylic oxidation sites excluding steroid dienone is 1. The number of carbonyl (C=O) groups is 3. The molecule has 1 amide bonds. The molecule has 0 aromatic heterocycles. The summed E-state index contributed by atoms with van der Waals surface area (Å²) in [7, 11) is 0. The van der Waals surface area contributed by atoms with Crippen LogP contribution in [0, 0.1) is 17.2 Å². The van der Waals surface area contributed by atoms with E-state index in [1.807, 2.05) is 60.7 Å². The number of esters is 1. The lowest BCUT2D eigenvalue weighted by molar-refractivity contribution is -0.147. The number of carbonyl (C=O) groups excluding carboxylic acids is 3. The van der Waals surface area contributed by atoms with E-state index in [0.717, 1.165) is 11.1 Å². The van der Waals surface area contributed by atoms with Gasteiger partial charge in [-0.3, -0.25) is 9.59 Å². The Bertz CT molecular complexity index is 935. The Kier molecular flexibility index (Phi) is 10.4. The average molecular weight is 433 g/mol. The molecule has 2 aromatic rings. The lowest BCUT2D eigenvalue weighted by Gasteiger charge is -2.22. The predicted molar refractivity (Wildman–Crippen MR) is 121 cm³/mol. The largest absolute Gasteiger partial charge is 0.449 e. The second-order valence-corrected chi connectivity index (χ2v) is 7.47. The molecule has 0 saturated carbocycles. The van der Waals surface area contributed by atoms with Gasteiger partial charge >= 0.3 is 5.97 Å². The van der Waals surface area contributed by atoms with Gasteiger partial charge in [0.25, 0.3) is 0 Å². The molecular weight excluding hydrogens is 404 g/mol. The zero-order valence-electron chi connectivity index (χ0n) is 18.0. The summed E-state index contributed by atoms with van der Waals surface area (Å²) in [6, 6.07) is 19.5. The number of nitrogens with one attached hydrogen (secondary N) is 1. The first kappa shape index (κ1) is 24.5. The number of hydrogen-bond donors (Lipinski definition) is 1. The van der Waals surface area contributed by atoms with Crippen molar-refractivity contribution < 1.29 is 19.1 Å². The van der Waals surface area contributed by atoms with Crippen molar-refractivity contribution in [1.82, 2.24) is 5.32 Å². The number of amides is 1. The van der Waals surface area contributed by atoms with Crippen molar-refractivity contribution in [1.29, 1.82) is 5.26 Å². The highest BCUT2D eigenvalue weighted by atomic mass is 16.5. The van der Waals surface area contributed by atoms with Crippen molar-refractivity contribution in [3.8, 4) is 6.07 Å². The molecule has 0 saturated heterocycles. The van der Waals surface area contributed by atoms with Crippen LogP contribution >= 0.6 is 0 Å². The second-order valence-electron chi connectivity index (χ2n) is 7.47. The van der Waals surface area contributed by atoms with E-state index in [1.165, 1.54) is 0 Å². The number of hydrogen-bond acceptors (Lipinski definition) is 5. The molecule has 6 heteroatoms. The fourth-order valence-corrected chi connectivity index (χ4v) is 3.33. The van der Waals surface area contributed by atoms with Crippen LogP contribution in [-0.2, 0) is 32.0 Å². The number of ketones is 1. The van der Waals surface area contributed by atoms with Crippen LogP contribution in [0.1, 0.15) is 30.4 Å². The van der Waals surface area contributed by atoms with Crippen LogP contribution in [0.25, 0.3) is 0 Å². The van der Waals surface area contributed by atoms with Gasteiger partial charge in [-0.1, -0.05) is 66.7 Å². The average Bonchev–Trinajstić information content (AvgIpc) is 2.81. The van der Waals surface area contributed by atoms with Crippen molar-refractivity contribution in [2.45, 2.75) is 38.1 Å². The second kappa shape index (κ2) is 13.6. The summed E-state index contributed by atoms with van der Waals surface area (Å²) in [6.07, 6.45) is 3.21. The summed E-state index contributed by atoms with van der Waals surface area (Å²) < 4.78 is 4.97. The van der Waals surface area contributed by atoms with Crippen LogP contribution in [0.3, 0.4) is 0 Å². The third-order valence-electron chi connectivity index (χ3n) is 4.96. The molecule has 1 N–H and O–H groups in total. The SMILES string of the molecule is C=CCCC(=O)C[C@@H](Cc1ccccc1)C(=O)N[C@@H](Cc1ccccc1)C(=O)OCC#N. The van der Waals surface area contributed by atoms with E-state index in [0.29, 0.717) is 19.3 Å². The van der Waals surface area contributed by atoms with Gasteiger partial charge in [0.1, 0.15) is 17.9 Å². The zero-order chi connectivity index (χ0) is 23.2. The van der Waals surface area contributed by atoms with E-state index in [9.17, 15) is 14.4 Å². The van der Waals surface area contributed by atoms with E-state index >= 15 is 0 Å². The molecule has 0 radical (unpaired) electrons. The highest BCUT2D eigenvalue weighted by Crippen LogP contribution is 2.16. The summed E-state index contributed by atoms with van der Waals surface area (Å²) in [4.78, 5) is 38.1. The fourth-order valence-electron chi connectivity index (χ4n) is 3.33. The van der Waals surface area contributed by atoms with Crippen LogP contribution in [0.4, 0.5) is 0 Å². The minimum absolute atomic E-state index is 0.0346. The van der Waals surface area contributed by atoms with Gasteiger partial charge in [-0.2, -0.15) is 5.26 Å². The third kappa shape index (κ3) is 8.57. The maximum Gasteiger partial charge on any atom is 0.330 e. The first-order chi connectivity index (χ1) is 15.5. The van der Waals surface area contributed by atoms with Crippen molar-refractivity contribution >= 4 is 17.7 Å². The van der Waals surface area contributed by atoms with Crippen molar-refractivity contribution in [3.63, 3.8) is 0 Å². The van der Waals surface area contributed by atoms with E-state index < -0.39 is 30.4 Å². The molecule has 166 valence electrons. The van der Waals surface area contributed by atoms with Crippen molar-refractivity contribution in [2.75, 3.05) is 6.61 Å². The minimum atomic E-state index is -0.959. The quantitative estimate of drug-likeness (QED) is 0.386. The van der Waals surface area contributed by atoms with Crippen LogP contribution in [-0.4, -0.2) is 30.3 Å². The topological polar surface area (TPSA) is 96.3 Å². The first-order valence-corrected chi connectivity index (χ1v) is 10.6. The smallest absolute Gasteiger partial charge is 0.330 e. The Morgan fingerprint density at radius 1 is 1.00 bits per heavy atom. The van der Waals surface area contributed by atoms with Crippen molar-refractivity contribution in [3.05, 3.63) is 84.4 Å². The molecule has 0 aliphatic rings. The summed E-state index contributed by atoms with van der Waals surface area (Å²) in [6.45, 7) is 3.24. The molecule has 0 spiro atoms. The lowest BCUT2D eigenvalue weighted by atomic mass is 9.91. The van der Waals surface area contributed by atoms with Gasteiger partial charge in [-0.25, -0.2) is 4.79 Å². The number of nitrogens with zero attached hydrogens (tertiary/aromatic N) is 1. The van der Waals surface area contributed by atoms with Gasteiger partial charge in [0.05, 0.1) is 0 Å². The van der Waals surface area contributed by atoms with Crippen LogP contribution in [0.15, 0.2) is 73.3 Å². The van der Waals surface area contributed by atoms with Gasteiger partial charge in [0.15, 0.2) is 6.61 Å². The maximum atomic E-state index is 13.2.